The zero-order valence-electron chi connectivity index (χ0n) is 11.8. The van der Waals surface area contributed by atoms with Crippen LogP contribution < -0.4 is 10.1 Å². The molecule has 0 fully saturated rings. The van der Waals surface area contributed by atoms with Crippen molar-refractivity contribution in [2.75, 3.05) is 5.32 Å². The third-order valence-corrected chi connectivity index (χ3v) is 4.50. The summed E-state index contributed by atoms with van der Waals surface area (Å²) in [5.74, 6) is 0.613. The lowest BCUT2D eigenvalue weighted by molar-refractivity contribution is 0.103. The van der Waals surface area contributed by atoms with Gasteiger partial charge in [-0.1, -0.05) is 35.1 Å². The van der Waals surface area contributed by atoms with Crippen LogP contribution in [0.5, 0.6) is 5.75 Å². The predicted octanol–water partition coefficient (Wildman–Crippen LogP) is 3.74. The van der Waals surface area contributed by atoms with Gasteiger partial charge in [-0.2, -0.15) is 0 Å². The number of nitrogens with zero attached hydrogens (tertiary/aromatic N) is 2. The normalized spacial score (nSPS) is 10.4. The van der Waals surface area contributed by atoms with E-state index < -0.39 is 0 Å². The van der Waals surface area contributed by atoms with Crippen LogP contribution in [0.3, 0.4) is 0 Å². The Morgan fingerprint density at radius 3 is 2.77 bits per heavy atom. The van der Waals surface area contributed by atoms with Crippen molar-refractivity contribution in [1.82, 2.24) is 10.2 Å². The number of hydrogen-bond donors (Lipinski definition) is 1. The van der Waals surface area contributed by atoms with E-state index in [9.17, 15) is 4.79 Å². The molecule has 0 saturated carbocycles. The molecule has 3 aromatic rings. The maximum atomic E-state index is 11.9. The first kappa shape index (κ1) is 14.7. The molecule has 0 saturated heterocycles. The summed E-state index contributed by atoms with van der Waals surface area (Å²) in [7, 11) is 0. The third-order valence-electron chi connectivity index (χ3n) is 2.82. The minimum atomic E-state index is -0.169. The molecular weight excluding hydrogens is 318 g/mol. The second kappa shape index (κ2) is 6.67. The summed E-state index contributed by atoms with van der Waals surface area (Å²) in [6, 6.07) is 11.4. The predicted molar refractivity (Wildman–Crippen MR) is 87.7 cm³/mol. The number of aromatic nitrogens is 2. The highest BCUT2D eigenvalue weighted by Crippen LogP contribution is 2.20. The Balaban J connectivity index is 1.57. The van der Waals surface area contributed by atoms with Gasteiger partial charge in [-0.15, -0.1) is 21.5 Å². The van der Waals surface area contributed by atoms with Crippen LogP contribution in [0.4, 0.5) is 5.13 Å². The van der Waals surface area contributed by atoms with Crippen molar-refractivity contribution < 1.29 is 9.53 Å². The van der Waals surface area contributed by atoms with E-state index in [1.165, 1.54) is 28.2 Å². The van der Waals surface area contributed by atoms with Crippen LogP contribution in [0, 0.1) is 6.92 Å². The van der Waals surface area contributed by atoms with Crippen molar-refractivity contribution in [1.29, 1.82) is 0 Å². The van der Waals surface area contributed by atoms with Gasteiger partial charge in [0, 0.05) is 0 Å². The van der Waals surface area contributed by atoms with Crippen LogP contribution in [-0.2, 0) is 6.61 Å². The van der Waals surface area contributed by atoms with Gasteiger partial charge in [-0.25, -0.2) is 0 Å². The highest BCUT2D eigenvalue weighted by atomic mass is 32.1. The fourth-order valence-corrected chi connectivity index (χ4v) is 2.98. The average Bonchev–Trinajstić information content (AvgIpc) is 3.18. The lowest BCUT2D eigenvalue weighted by atomic mass is 10.2. The van der Waals surface area contributed by atoms with Gasteiger partial charge >= 0.3 is 0 Å². The van der Waals surface area contributed by atoms with Crippen molar-refractivity contribution in [3.63, 3.8) is 0 Å². The van der Waals surface area contributed by atoms with Gasteiger partial charge < -0.3 is 4.74 Å². The van der Waals surface area contributed by atoms with Crippen molar-refractivity contribution in [3.8, 4) is 5.75 Å². The number of carbonyl (C=O) groups excluding carboxylic acids is 1. The fraction of sp³-hybridized carbons (Fsp3) is 0.133. The first-order valence-electron chi connectivity index (χ1n) is 6.57. The van der Waals surface area contributed by atoms with Gasteiger partial charge in [-0.05, 0) is 30.5 Å². The van der Waals surface area contributed by atoms with Crippen molar-refractivity contribution in [2.24, 2.45) is 0 Å². The van der Waals surface area contributed by atoms with Crippen molar-refractivity contribution >= 4 is 33.7 Å². The number of rotatable bonds is 5. The number of amides is 1. The molecule has 7 heteroatoms. The lowest BCUT2D eigenvalue weighted by Gasteiger charge is -2.03. The number of anilines is 1. The van der Waals surface area contributed by atoms with Crippen LogP contribution in [-0.4, -0.2) is 16.1 Å². The minimum absolute atomic E-state index is 0.169. The maximum Gasteiger partial charge on any atom is 0.267 e. The smallest absolute Gasteiger partial charge is 0.267 e. The Bertz CT molecular complexity index is 751. The van der Waals surface area contributed by atoms with E-state index in [1.54, 1.807) is 6.07 Å². The lowest BCUT2D eigenvalue weighted by Crippen LogP contribution is -2.09. The highest BCUT2D eigenvalue weighted by Gasteiger charge is 2.11. The van der Waals surface area contributed by atoms with E-state index in [4.69, 9.17) is 4.74 Å². The van der Waals surface area contributed by atoms with Gasteiger partial charge in [0.15, 0.2) is 5.01 Å². The summed E-state index contributed by atoms with van der Waals surface area (Å²) < 4.78 is 5.63. The summed E-state index contributed by atoms with van der Waals surface area (Å²) in [6.07, 6.45) is 0. The number of hydrogen-bond acceptors (Lipinski definition) is 6. The molecule has 0 bridgehead atoms. The van der Waals surface area contributed by atoms with E-state index in [1.807, 2.05) is 42.6 Å². The number of carbonyl (C=O) groups is 1. The van der Waals surface area contributed by atoms with E-state index in [-0.39, 0.29) is 5.91 Å². The Morgan fingerprint density at radius 1 is 1.23 bits per heavy atom. The van der Waals surface area contributed by atoms with E-state index in [2.05, 4.69) is 15.5 Å². The second-order valence-corrected chi connectivity index (χ2v) is 6.54. The van der Waals surface area contributed by atoms with E-state index >= 15 is 0 Å². The van der Waals surface area contributed by atoms with E-state index in [0.717, 1.165) is 5.75 Å². The van der Waals surface area contributed by atoms with E-state index in [0.29, 0.717) is 21.6 Å². The Morgan fingerprint density at radius 2 is 2.05 bits per heavy atom. The summed E-state index contributed by atoms with van der Waals surface area (Å²) in [5.41, 5.74) is 1.18. The quantitative estimate of drug-likeness (QED) is 0.773. The van der Waals surface area contributed by atoms with Crippen LogP contribution >= 0.6 is 22.7 Å². The summed E-state index contributed by atoms with van der Waals surface area (Å²) >= 11 is 2.69. The molecule has 2 heterocycles. The fourth-order valence-electron chi connectivity index (χ4n) is 1.71. The number of aryl methyl sites for hydroxylation is 1. The Hall–Kier alpha value is -2.25. The molecule has 0 aliphatic carbocycles. The molecule has 1 N–H and O–H groups in total. The SMILES string of the molecule is Cc1ccc(OCc2nnc(NC(=O)c3cccs3)s2)cc1. The molecule has 0 aliphatic heterocycles. The molecule has 0 radical (unpaired) electrons. The highest BCUT2D eigenvalue weighted by molar-refractivity contribution is 7.15. The van der Waals surface area contributed by atoms with Crippen LogP contribution in [0.2, 0.25) is 0 Å². The maximum absolute atomic E-state index is 11.9. The Kier molecular flexibility index (Phi) is 4.45. The zero-order chi connectivity index (χ0) is 15.4. The molecule has 22 heavy (non-hydrogen) atoms. The van der Waals surface area contributed by atoms with Crippen LogP contribution in [0.25, 0.3) is 0 Å². The average molecular weight is 331 g/mol. The molecule has 0 unspecified atom stereocenters. The first-order valence-corrected chi connectivity index (χ1v) is 8.27. The molecular formula is C15H13N3O2S2. The molecule has 1 amide bonds. The second-order valence-electron chi connectivity index (χ2n) is 4.53. The molecule has 112 valence electrons. The number of ether oxygens (including phenoxy) is 1. The monoisotopic (exact) mass is 331 g/mol. The molecule has 0 spiro atoms. The molecule has 5 nitrogen and oxygen atoms in total. The number of benzene rings is 1. The largest absolute Gasteiger partial charge is 0.486 e. The van der Waals surface area contributed by atoms with Gasteiger partial charge in [0.05, 0.1) is 4.88 Å². The number of nitrogens with one attached hydrogen (secondary N) is 1. The molecule has 0 atom stereocenters. The summed E-state index contributed by atoms with van der Waals surface area (Å²) in [4.78, 5) is 12.5. The number of thiophene rings is 1. The third kappa shape index (κ3) is 3.69. The van der Waals surface area contributed by atoms with Crippen LogP contribution in [0.1, 0.15) is 20.2 Å². The summed E-state index contributed by atoms with van der Waals surface area (Å²) in [6.45, 7) is 2.35. The first-order chi connectivity index (χ1) is 10.7. The standard InChI is InChI=1S/C15H13N3O2S2/c1-10-4-6-11(7-5-10)20-9-13-17-18-15(22-13)16-14(19)12-3-2-8-21-12/h2-8H,9H2,1H3,(H,16,18,19). The van der Waals surface area contributed by atoms with Crippen molar-refractivity contribution in [3.05, 3.63) is 57.2 Å². The Labute approximate surface area is 135 Å². The van der Waals surface area contributed by atoms with Crippen LogP contribution in [0.15, 0.2) is 41.8 Å². The summed E-state index contributed by atoms with van der Waals surface area (Å²) in [5, 5.41) is 13.7. The van der Waals surface area contributed by atoms with Crippen molar-refractivity contribution in [2.45, 2.75) is 13.5 Å². The van der Waals surface area contributed by atoms with Gasteiger partial charge in [0.2, 0.25) is 5.13 Å². The van der Waals surface area contributed by atoms with Gasteiger partial charge in [-0.3, -0.25) is 10.1 Å². The zero-order valence-corrected chi connectivity index (χ0v) is 13.4. The molecule has 2 aromatic heterocycles. The van der Waals surface area contributed by atoms with Gasteiger partial charge in [0.25, 0.3) is 5.91 Å². The minimum Gasteiger partial charge on any atom is -0.486 e. The molecule has 0 aliphatic rings. The van der Waals surface area contributed by atoms with Gasteiger partial charge in [0.1, 0.15) is 12.4 Å². The molecule has 1 aromatic carbocycles. The topological polar surface area (TPSA) is 64.1 Å². The molecule has 3 rings (SSSR count).